The number of anilines is 1. The summed E-state index contributed by atoms with van der Waals surface area (Å²) in [5.74, 6) is -2.13. The SMILES string of the molecule is Cn1nc(-c2ccco2)cc1-c1cnc(NC(=O)c2c(F)cccc2F)s1. The van der Waals surface area contributed by atoms with E-state index in [2.05, 4.69) is 15.4 Å². The molecule has 3 aromatic heterocycles. The van der Waals surface area contributed by atoms with Gasteiger partial charge in [0.1, 0.15) is 22.9 Å². The number of carbonyl (C=O) groups excluding carboxylic acids is 1. The fourth-order valence-corrected chi connectivity index (χ4v) is 3.43. The number of aryl methyl sites for hydroxylation is 1. The van der Waals surface area contributed by atoms with E-state index in [0.717, 1.165) is 22.7 Å². The van der Waals surface area contributed by atoms with Crippen LogP contribution in [0.3, 0.4) is 0 Å². The Morgan fingerprint density at radius 1 is 1.22 bits per heavy atom. The number of rotatable bonds is 4. The monoisotopic (exact) mass is 386 g/mol. The zero-order valence-electron chi connectivity index (χ0n) is 13.9. The minimum Gasteiger partial charge on any atom is -0.463 e. The summed E-state index contributed by atoms with van der Waals surface area (Å²) >= 11 is 1.17. The second kappa shape index (κ2) is 6.76. The van der Waals surface area contributed by atoms with Crippen molar-refractivity contribution in [3.8, 4) is 22.0 Å². The Kier molecular flexibility index (Phi) is 4.28. The van der Waals surface area contributed by atoms with Crippen LogP contribution in [-0.2, 0) is 7.05 Å². The molecule has 136 valence electrons. The minimum absolute atomic E-state index is 0.221. The Labute approximate surface area is 156 Å². The number of hydrogen-bond donors (Lipinski definition) is 1. The van der Waals surface area contributed by atoms with E-state index < -0.39 is 23.1 Å². The highest BCUT2D eigenvalue weighted by atomic mass is 32.1. The Balaban J connectivity index is 1.58. The van der Waals surface area contributed by atoms with Gasteiger partial charge in [-0.05, 0) is 30.3 Å². The number of carbonyl (C=O) groups is 1. The van der Waals surface area contributed by atoms with Gasteiger partial charge in [-0.3, -0.25) is 14.8 Å². The third-order valence-corrected chi connectivity index (χ3v) is 4.76. The Hall–Kier alpha value is -3.33. The molecule has 0 aliphatic rings. The topological polar surface area (TPSA) is 73.0 Å². The van der Waals surface area contributed by atoms with Crippen molar-refractivity contribution < 1.29 is 18.0 Å². The number of halogens is 2. The van der Waals surface area contributed by atoms with Crippen LogP contribution in [0.25, 0.3) is 22.0 Å². The van der Waals surface area contributed by atoms with E-state index >= 15 is 0 Å². The predicted octanol–water partition coefficient (Wildman–Crippen LogP) is 4.33. The number of benzene rings is 1. The van der Waals surface area contributed by atoms with Crippen LogP contribution in [0, 0.1) is 11.6 Å². The van der Waals surface area contributed by atoms with Crippen molar-refractivity contribution in [2.45, 2.75) is 0 Å². The highest BCUT2D eigenvalue weighted by Gasteiger charge is 2.19. The molecule has 9 heteroatoms. The van der Waals surface area contributed by atoms with Gasteiger partial charge in [0.25, 0.3) is 5.91 Å². The third-order valence-electron chi connectivity index (χ3n) is 3.82. The Bertz CT molecular complexity index is 1100. The molecule has 4 rings (SSSR count). The van der Waals surface area contributed by atoms with Crippen molar-refractivity contribution in [3.05, 3.63) is 66.1 Å². The lowest BCUT2D eigenvalue weighted by Gasteiger charge is -2.04. The first-order chi connectivity index (χ1) is 13.0. The summed E-state index contributed by atoms with van der Waals surface area (Å²) in [5.41, 5.74) is 0.774. The number of amides is 1. The number of aromatic nitrogens is 3. The van der Waals surface area contributed by atoms with Crippen LogP contribution in [0.2, 0.25) is 0 Å². The van der Waals surface area contributed by atoms with E-state index in [0.29, 0.717) is 11.5 Å². The van der Waals surface area contributed by atoms with Crippen molar-refractivity contribution in [1.82, 2.24) is 14.8 Å². The van der Waals surface area contributed by atoms with E-state index in [9.17, 15) is 13.6 Å². The summed E-state index contributed by atoms with van der Waals surface area (Å²) in [6.45, 7) is 0. The fourth-order valence-electron chi connectivity index (χ4n) is 2.57. The maximum Gasteiger partial charge on any atom is 0.263 e. The normalized spacial score (nSPS) is 10.9. The molecule has 1 N–H and O–H groups in total. The summed E-state index contributed by atoms with van der Waals surface area (Å²) in [5, 5.41) is 7.03. The van der Waals surface area contributed by atoms with E-state index in [1.54, 1.807) is 36.3 Å². The van der Waals surface area contributed by atoms with Crippen LogP contribution < -0.4 is 5.32 Å². The van der Waals surface area contributed by atoms with Gasteiger partial charge >= 0.3 is 0 Å². The molecule has 0 bridgehead atoms. The zero-order chi connectivity index (χ0) is 19.0. The average molecular weight is 386 g/mol. The molecule has 0 aliphatic carbocycles. The first kappa shape index (κ1) is 17.1. The lowest BCUT2D eigenvalue weighted by molar-refractivity contribution is 0.101. The van der Waals surface area contributed by atoms with Crippen molar-refractivity contribution in [1.29, 1.82) is 0 Å². The van der Waals surface area contributed by atoms with E-state index in [-0.39, 0.29) is 5.13 Å². The van der Waals surface area contributed by atoms with Gasteiger partial charge < -0.3 is 4.42 Å². The molecule has 0 fully saturated rings. The van der Waals surface area contributed by atoms with Crippen molar-refractivity contribution in [2.24, 2.45) is 7.05 Å². The van der Waals surface area contributed by atoms with E-state index in [1.807, 2.05) is 6.07 Å². The lowest BCUT2D eigenvalue weighted by Crippen LogP contribution is -2.15. The van der Waals surface area contributed by atoms with Gasteiger partial charge in [0.15, 0.2) is 10.9 Å². The van der Waals surface area contributed by atoms with Gasteiger partial charge in [-0.15, -0.1) is 0 Å². The number of hydrogen-bond acceptors (Lipinski definition) is 5. The molecule has 1 amide bonds. The molecule has 1 aromatic carbocycles. The van der Waals surface area contributed by atoms with E-state index in [4.69, 9.17) is 4.42 Å². The maximum absolute atomic E-state index is 13.7. The molecular formula is C18H12F2N4O2S. The van der Waals surface area contributed by atoms with Gasteiger partial charge in [0.2, 0.25) is 0 Å². The number of nitrogens with one attached hydrogen (secondary N) is 1. The molecule has 0 atom stereocenters. The van der Waals surface area contributed by atoms with Gasteiger partial charge in [-0.25, -0.2) is 13.8 Å². The van der Waals surface area contributed by atoms with Gasteiger partial charge in [0.05, 0.1) is 16.8 Å². The first-order valence-electron chi connectivity index (χ1n) is 7.82. The Morgan fingerprint density at radius 3 is 2.70 bits per heavy atom. The fraction of sp³-hybridized carbons (Fsp3) is 0.0556. The van der Waals surface area contributed by atoms with Crippen LogP contribution in [0.1, 0.15) is 10.4 Å². The van der Waals surface area contributed by atoms with Gasteiger partial charge in [-0.2, -0.15) is 5.10 Å². The summed E-state index contributed by atoms with van der Waals surface area (Å²) in [6, 6.07) is 8.64. The Morgan fingerprint density at radius 2 is 2.00 bits per heavy atom. The molecule has 4 aromatic rings. The largest absolute Gasteiger partial charge is 0.463 e. The van der Waals surface area contributed by atoms with Crippen LogP contribution in [0.15, 0.2) is 53.3 Å². The molecule has 0 unspecified atom stereocenters. The van der Waals surface area contributed by atoms with Crippen molar-refractivity contribution in [3.63, 3.8) is 0 Å². The molecule has 0 spiro atoms. The molecule has 6 nitrogen and oxygen atoms in total. The smallest absolute Gasteiger partial charge is 0.263 e. The quantitative estimate of drug-likeness (QED) is 0.566. The predicted molar refractivity (Wildman–Crippen MR) is 96.3 cm³/mol. The molecule has 0 saturated carbocycles. The summed E-state index contributed by atoms with van der Waals surface area (Å²) in [6.07, 6.45) is 3.12. The summed E-state index contributed by atoms with van der Waals surface area (Å²) < 4.78 is 34.4. The molecule has 3 heterocycles. The van der Waals surface area contributed by atoms with Gasteiger partial charge in [0, 0.05) is 13.2 Å². The van der Waals surface area contributed by atoms with Gasteiger partial charge in [-0.1, -0.05) is 17.4 Å². The standard InChI is InChI=1S/C18H12F2N4O2S/c1-24-13(8-12(23-24)14-6-3-7-26-14)15-9-21-18(27-15)22-17(25)16-10(19)4-2-5-11(16)20/h2-9H,1H3,(H,21,22,25). The molecule has 0 saturated heterocycles. The number of furan rings is 1. The minimum atomic E-state index is -0.931. The second-order valence-corrected chi connectivity index (χ2v) is 6.63. The molecular weight excluding hydrogens is 374 g/mol. The number of nitrogens with zero attached hydrogens (tertiary/aromatic N) is 3. The molecule has 0 aliphatic heterocycles. The number of thiazole rings is 1. The lowest BCUT2D eigenvalue weighted by atomic mass is 10.2. The maximum atomic E-state index is 13.7. The zero-order valence-corrected chi connectivity index (χ0v) is 14.8. The van der Waals surface area contributed by atoms with Crippen LogP contribution in [0.5, 0.6) is 0 Å². The molecule has 0 radical (unpaired) electrons. The van der Waals surface area contributed by atoms with Crippen LogP contribution in [-0.4, -0.2) is 20.7 Å². The summed E-state index contributed by atoms with van der Waals surface area (Å²) in [4.78, 5) is 17.0. The first-order valence-corrected chi connectivity index (χ1v) is 8.64. The van der Waals surface area contributed by atoms with E-state index in [1.165, 1.54) is 17.4 Å². The highest BCUT2D eigenvalue weighted by Crippen LogP contribution is 2.32. The summed E-state index contributed by atoms with van der Waals surface area (Å²) in [7, 11) is 1.77. The van der Waals surface area contributed by atoms with Crippen LogP contribution in [0.4, 0.5) is 13.9 Å². The highest BCUT2D eigenvalue weighted by molar-refractivity contribution is 7.19. The third kappa shape index (κ3) is 3.24. The van der Waals surface area contributed by atoms with Crippen LogP contribution >= 0.6 is 11.3 Å². The average Bonchev–Trinajstić information content (AvgIpc) is 3.35. The van der Waals surface area contributed by atoms with Crippen molar-refractivity contribution in [2.75, 3.05) is 5.32 Å². The second-order valence-electron chi connectivity index (χ2n) is 5.60. The van der Waals surface area contributed by atoms with Crippen molar-refractivity contribution >= 4 is 22.4 Å². The molecule has 27 heavy (non-hydrogen) atoms.